The van der Waals surface area contributed by atoms with Crippen LogP contribution in [0.2, 0.25) is 0 Å². The Morgan fingerprint density at radius 1 is 1.00 bits per heavy atom. The number of benzene rings is 2. The van der Waals surface area contributed by atoms with Crippen LogP contribution in [-0.2, 0) is 17.8 Å². The van der Waals surface area contributed by atoms with Gasteiger partial charge in [-0.05, 0) is 46.7 Å². The number of aryl methyl sites for hydroxylation is 1. The number of fused-ring (bicyclic) bond motifs is 1. The molecule has 0 aliphatic carbocycles. The molecule has 1 aromatic heterocycles. The van der Waals surface area contributed by atoms with E-state index in [2.05, 4.69) is 41.0 Å². The molecule has 26 heavy (non-hydrogen) atoms. The maximum absolute atomic E-state index is 12.1. The highest BCUT2D eigenvalue weighted by atomic mass is 32.1. The minimum atomic E-state index is 0.0463. The van der Waals surface area contributed by atoms with Crippen molar-refractivity contribution in [1.29, 1.82) is 0 Å². The molecular weight excluding hydrogens is 346 g/mol. The van der Waals surface area contributed by atoms with E-state index in [-0.39, 0.29) is 12.7 Å². The van der Waals surface area contributed by atoms with Gasteiger partial charge >= 0.3 is 0 Å². The molecule has 0 saturated heterocycles. The second-order valence-corrected chi connectivity index (χ2v) is 7.09. The van der Waals surface area contributed by atoms with Crippen LogP contribution in [0.1, 0.15) is 17.5 Å². The van der Waals surface area contributed by atoms with Gasteiger partial charge in [-0.15, -0.1) is 11.3 Å². The fraction of sp³-hybridized carbons (Fsp3) is 0.190. The smallest absolute Gasteiger partial charge is 0.231 e. The quantitative estimate of drug-likeness (QED) is 0.705. The SMILES string of the molecule is O=C(CCc1ccc2c(c1)OCO2)NCc1ccc(-c2cccs2)cc1. The molecule has 0 spiro atoms. The number of hydrogen-bond acceptors (Lipinski definition) is 4. The van der Waals surface area contributed by atoms with Gasteiger partial charge in [0.05, 0.1) is 0 Å². The summed E-state index contributed by atoms with van der Waals surface area (Å²) in [5, 5.41) is 5.06. The summed E-state index contributed by atoms with van der Waals surface area (Å²) in [6.07, 6.45) is 1.13. The van der Waals surface area contributed by atoms with E-state index in [0.29, 0.717) is 19.4 Å². The standard InChI is InChI=1S/C21H19NO3S/c23-21(10-6-15-5-9-18-19(12-15)25-14-24-18)22-13-16-3-7-17(8-4-16)20-2-1-11-26-20/h1-5,7-9,11-12H,6,10,13-14H2,(H,22,23). The summed E-state index contributed by atoms with van der Waals surface area (Å²) in [5.41, 5.74) is 3.38. The van der Waals surface area contributed by atoms with Crippen molar-refractivity contribution in [2.45, 2.75) is 19.4 Å². The summed E-state index contributed by atoms with van der Waals surface area (Å²) in [6.45, 7) is 0.815. The molecular formula is C21H19NO3S. The Labute approximate surface area is 156 Å². The number of carbonyl (C=O) groups excluding carboxylic acids is 1. The second-order valence-electron chi connectivity index (χ2n) is 6.14. The number of hydrogen-bond donors (Lipinski definition) is 1. The first-order valence-electron chi connectivity index (χ1n) is 8.56. The Bertz CT molecular complexity index is 888. The second kappa shape index (κ2) is 7.62. The summed E-state index contributed by atoms with van der Waals surface area (Å²) in [7, 11) is 0. The Balaban J connectivity index is 1.26. The van der Waals surface area contributed by atoms with Crippen molar-refractivity contribution >= 4 is 17.2 Å². The monoisotopic (exact) mass is 365 g/mol. The lowest BCUT2D eigenvalue weighted by molar-refractivity contribution is -0.121. The van der Waals surface area contributed by atoms with Gasteiger partial charge in [-0.1, -0.05) is 36.4 Å². The van der Waals surface area contributed by atoms with Crippen LogP contribution in [0, 0.1) is 0 Å². The van der Waals surface area contributed by atoms with E-state index >= 15 is 0 Å². The highest BCUT2D eigenvalue weighted by Crippen LogP contribution is 2.32. The highest BCUT2D eigenvalue weighted by molar-refractivity contribution is 7.13. The molecule has 5 heteroatoms. The Hall–Kier alpha value is -2.79. The van der Waals surface area contributed by atoms with Gasteiger partial charge in [-0.25, -0.2) is 0 Å². The molecule has 0 saturated carbocycles. The van der Waals surface area contributed by atoms with Crippen LogP contribution in [0.15, 0.2) is 60.0 Å². The molecule has 0 unspecified atom stereocenters. The predicted molar refractivity (Wildman–Crippen MR) is 102 cm³/mol. The molecule has 1 amide bonds. The normalized spacial score (nSPS) is 12.2. The van der Waals surface area contributed by atoms with E-state index < -0.39 is 0 Å². The van der Waals surface area contributed by atoms with Crippen molar-refractivity contribution in [3.63, 3.8) is 0 Å². The molecule has 0 fully saturated rings. The molecule has 1 aliphatic heterocycles. The first-order valence-corrected chi connectivity index (χ1v) is 9.44. The molecule has 4 nitrogen and oxygen atoms in total. The Morgan fingerprint density at radius 2 is 1.81 bits per heavy atom. The van der Waals surface area contributed by atoms with Gasteiger partial charge in [-0.3, -0.25) is 4.79 Å². The zero-order valence-corrected chi connectivity index (χ0v) is 15.1. The zero-order valence-electron chi connectivity index (χ0n) is 14.2. The zero-order chi connectivity index (χ0) is 17.8. The fourth-order valence-corrected chi connectivity index (χ4v) is 3.61. The van der Waals surface area contributed by atoms with E-state index in [1.807, 2.05) is 24.3 Å². The number of ether oxygens (including phenoxy) is 2. The lowest BCUT2D eigenvalue weighted by Crippen LogP contribution is -2.22. The van der Waals surface area contributed by atoms with Crippen LogP contribution in [0.3, 0.4) is 0 Å². The van der Waals surface area contributed by atoms with Crippen molar-refractivity contribution in [2.75, 3.05) is 6.79 Å². The van der Waals surface area contributed by atoms with E-state index in [1.165, 1.54) is 10.4 Å². The number of thiophene rings is 1. The lowest BCUT2D eigenvalue weighted by Gasteiger charge is -2.07. The maximum Gasteiger partial charge on any atom is 0.231 e. The van der Waals surface area contributed by atoms with Crippen molar-refractivity contribution in [3.8, 4) is 21.9 Å². The van der Waals surface area contributed by atoms with E-state index in [4.69, 9.17) is 9.47 Å². The molecule has 0 bridgehead atoms. The summed E-state index contributed by atoms with van der Waals surface area (Å²) in [6, 6.07) is 18.3. The molecule has 4 rings (SSSR count). The van der Waals surface area contributed by atoms with Crippen molar-refractivity contribution in [3.05, 3.63) is 71.1 Å². The summed E-state index contributed by atoms with van der Waals surface area (Å²) in [4.78, 5) is 13.4. The molecule has 0 radical (unpaired) electrons. The van der Waals surface area contributed by atoms with E-state index in [0.717, 1.165) is 22.6 Å². The number of nitrogens with one attached hydrogen (secondary N) is 1. The fourth-order valence-electron chi connectivity index (χ4n) is 2.87. The van der Waals surface area contributed by atoms with Gasteiger partial charge in [-0.2, -0.15) is 0 Å². The average Bonchev–Trinajstić information content (AvgIpc) is 3.36. The van der Waals surface area contributed by atoms with E-state index in [9.17, 15) is 4.79 Å². The van der Waals surface area contributed by atoms with Crippen molar-refractivity contribution in [2.24, 2.45) is 0 Å². The molecule has 1 N–H and O–H groups in total. The third-order valence-corrected chi connectivity index (χ3v) is 5.25. The average molecular weight is 365 g/mol. The molecule has 1 aliphatic rings. The highest BCUT2D eigenvalue weighted by Gasteiger charge is 2.13. The first-order chi connectivity index (χ1) is 12.8. The van der Waals surface area contributed by atoms with Gasteiger partial charge in [0.1, 0.15) is 0 Å². The number of rotatable bonds is 6. The minimum Gasteiger partial charge on any atom is -0.454 e. The van der Waals surface area contributed by atoms with Crippen LogP contribution in [0.25, 0.3) is 10.4 Å². The molecule has 2 heterocycles. The largest absolute Gasteiger partial charge is 0.454 e. The van der Waals surface area contributed by atoms with E-state index in [1.54, 1.807) is 11.3 Å². The molecule has 0 atom stereocenters. The Morgan fingerprint density at radius 3 is 2.62 bits per heavy atom. The number of carbonyl (C=O) groups is 1. The molecule has 2 aromatic carbocycles. The van der Waals surface area contributed by atoms with Gasteiger partial charge < -0.3 is 14.8 Å². The topological polar surface area (TPSA) is 47.6 Å². The summed E-state index contributed by atoms with van der Waals surface area (Å²) < 4.78 is 10.7. The van der Waals surface area contributed by atoms with Crippen LogP contribution >= 0.6 is 11.3 Å². The summed E-state index contributed by atoms with van der Waals surface area (Å²) in [5.74, 6) is 1.57. The van der Waals surface area contributed by atoms with Crippen molar-refractivity contribution < 1.29 is 14.3 Å². The third kappa shape index (κ3) is 3.89. The predicted octanol–water partition coefficient (Wildman–Crippen LogP) is 4.39. The van der Waals surface area contributed by atoms with Gasteiger partial charge in [0.25, 0.3) is 0 Å². The maximum atomic E-state index is 12.1. The third-order valence-electron chi connectivity index (χ3n) is 4.33. The lowest BCUT2D eigenvalue weighted by atomic mass is 10.1. The van der Waals surface area contributed by atoms with Gasteiger partial charge in [0.15, 0.2) is 11.5 Å². The Kier molecular flexibility index (Phi) is 4.88. The minimum absolute atomic E-state index is 0.0463. The van der Waals surface area contributed by atoms with Crippen LogP contribution in [0.4, 0.5) is 0 Å². The number of amides is 1. The molecule has 132 valence electrons. The first kappa shape index (κ1) is 16.7. The molecule has 3 aromatic rings. The van der Waals surface area contributed by atoms with Crippen LogP contribution in [0.5, 0.6) is 11.5 Å². The summed E-state index contributed by atoms with van der Waals surface area (Å²) >= 11 is 1.73. The van der Waals surface area contributed by atoms with Gasteiger partial charge in [0.2, 0.25) is 12.7 Å². The van der Waals surface area contributed by atoms with Crippen LogP contribution in [-0.4, -0.2) is 12.7 Å². The van der Waals surface area contributed by atoms with Crippen LogP contribution < -0.4 is 14.8 Å². The van der Waals surface area contributed by atoms with Crippen molar-refractivity contribution in [1.82, 2.24) is 5.32 Å². The van der Waals surface area contributed by atoms with Gasteiger partial charge in [0, 0.05) is 17.8 Å².